The Morgan fingerprint density at radius 2 is 1.86 bits per heavy atom. The van der Waals surface area contributed by atoms with Crippen LogP contribution in [0.25, 0.3) is 11.3 Å². The van der Waals surface area contributed by atoms with Crippen LogP contribution in [0.3, 0.4) is 0 Å². The van der Waals surface area contributed by atoms with Crippen LogP contribution in [-0.4, -0.2) is 50.6 Å². The second-order valence-electron chi connectivity index (χ2n) is 9.45. The summed E-state index contributed by atoms with van der Waals surface area (Å²) < 4.78 is 38.8. The molecule has 2 aromatic heterocycles. The first-order valence-electron chi connectivity index (χ1n) is 11.8. The van der Waals surface area contributed by atoms with Crippen molar-refractivity contribution in [1.29, 1.82) is 0 Å². The lowest BCUT2D eigenvalue weighted by atomic mass is 9.90. The van der Waals surface area contributed by atoms with Crippen LogP contribution in [0.5, 0.6) is 11.5 Å². The molecule has 11 heteroatoms. The van der Waals surface area contributed by atoms with Gasteiger partial charge in [-0.05, 0) is 68.7 Å². The van der Waals surface area contributed by atoms with Gasteiger partial charge in [0.15, 0.2) is 11.5 Å². The largest absolute Gasteiger partial charge is 0.493 e. The number of hydrogen-bond donors (Lipinski definition) is 2. The molecule has 3 N–H and O–H groups in total. The van der Waals surface area contributed by atoms with Crippen LogP contribution in [0.2, 0.25) is 0 Å². The predicted octanol–water partition coefficient (Wildman–Crippen LogP) is 3.49. The fourth-order valence-corrected chi connectivity index (χ4v) is 5.51. The molecule has 37 heavy (non-hydrogen) atoms. The molecule has 1 aliphatic rings. The van der Waals surface area contributed by atoms with Gasteiger partial charge in [0.05, 0.1) is 25.5 Å². The number of nitrogens with one attached hydrogen (secondary N) is 1. The van der Waals surface area contributed by atoms with Crippen molar-refractivity contribution in [3.8, 4) is 22.8 Å². The maximum atomic E-state index is 13.4. The summed E-state index contributed by atoms with van der Waals surface area (Å²) in [4.78, 5) is 23.9. The lowest BCUT2D eigenvalue weighted by Gasteiger charge is -2.36. The van der Waals surface area contributed by atoms with E-state index in [9.17, 15) is 13.2 Å². The molecular formula is C26H31N5O5S. The SMILES string of the molecule is COc1ccc(-c2ccc(C(=O)NS(=O)(=O)c3cccnc3N)c(N3CCC(C)C3(C)C)n2)cc1OC. The number of methoxy groups -OCH3 is 2. The van der Waals surface area contributed by atoms with Gasteiger partial charge >= 0.3 is 0 Å². The first-order chi connectivity index (χ1) is 17.5. The van der Waals surface area contributed by atoms with E-state index in [-0.39, 0.29) is 21.8 Å². The van der Waals surface area contributed by atoms with Gasteiger partial charge in [0.1, 0.15) is 16.5 Å². The third kappa shape index (κ3) is 4.91. The van der Waals surface area contributed by atoms with E-state index in [1.165, 1.54) is 18.3 Å². The van der Waals surface area contributed by atoms with Crippen molar-refractivity contribution in [2.45, 2.75) is 37.6 Å². The van der Waals surface area contributed by atoms with Crippen molar-refractivity contribution in [1.82, 2.24) is 14.7 Å². The summed E-state index contributed by atoms with van der Waals surface area (Å²) in [5.74, 6) is 0.846. The summed E-state index contributed by atoms with van der Waals surface area (Å²) in [6, 6.07) is 11.4. The Balaban J connectivity index is 1.80. The number of amides is 1. The summed E-state index contributed by atoms with van der Waals surface area (Å²) in [6.45, 7) is 6.99. The van der Waals surface area contributed by atoms with Gasteiger partial charge < -0.3 is 20.1 Å². The number of nitrogens with two attached hydrogens (primary N) is 1. The zero-order valence-corrected chi connectivity index (χ0v) is 22.3. The first kappa shape index (κ1) is 26.2. The van der Waals surface area contributed by atoms with Gasteiger partial charge in [-0.3, -0.25) is 4.79 Å². The number of nitrogens with zero attached hydrogens (tertiary/aromatic N) is 3. The Labute approximate surface area is 216 Å². The van der Waals surface area contributed by atoms with Gasteiger partial charge in [-0.1, -0.05) is 6.92 Å². The number of sulfonamides is 1. The number of carbonyl (C=O) groups excluding carboxylic acids is 1. The normalized spacial score (nSPS) is 16.9. The minimum Gasteiger partial charge on any atom is -0.493 e. The molecule has 0 aliphatic carbocycles. The molecule has 0 spiro atoms. The van der Waals surface area contributed by atoms with E-state index >= 15 is 0 Å². The van der Waals surface area contributed by atoms with Crippen molar-refractivity contribution in [2.24, 2.45) is 5.92 Å². The quantitative estimate of drug-likeness (QED) is 0.475. The minimum atomic E-state index is -4.26. The highest BCUT2D eigenvalue weighted by atomic mass is 32.2. The summed E-state index contributed by atoms with van der Waals surface area (Å²) in [5.41, 5.74) is 6.93. The van der Waals surface area contributed by atoms with E-state index in [1.54, 1.807) is 38.5 Å². The molecule has 1 amide bonds. The highest BCUT2D eigenvalue weighted by Crippen LogP contribution is 2.40. The van der Waals surface area contributed by atoms with Crippen LogP contribution in [0.15, 0.2) is 53.6 Å². The van der Waals surface area contributed by atoms with Crippen LogP contribution in [0.1, 0.15) is 37.6 Å². The van der Waals surface area contributed by atoms with Gasteiger partial charge in [0.25, 0.3) is 15.9 Å². The van der Waals surface area contributed by atoms with Crippen molar-refractivity contribution in [3.63, 3.8) is 0 Å². The van der Waals surface area contributed by atoms with E-state index in [4.69, 9.17) is 20.2 Å². The Kier molecular flexibility index (Phi) is 7.00. The van der Waals surface area contributed by atoms with Crippen molar-refractivity contribution >= 4 is 27.6 Å². The van der Waals surface area contributed by atoms with Gasteiger partial charge in [-0.15, -0.1) is 0 Å². The summed E-state index contributed by atoms with van der Waals surface area (Å²) in [5, 5.41) is 0. The summed E-state index contributed by atoms with van der Waals surface area (Å²) >= 11 is 0. The number of nitrogen functional groups attached to an aromatic ring is 1. The molecule has 1 fully saturated rings. The predicted molar refractivity (Wildman–Crippen MR) is 141 cm³/mol. The van der Waals surface area contributed by atoms with E-state index in [0.29, 0.717) is 35.5 Å². The molecule has 1 unspecified atom stereocenters. The van der Waals surface area contributed by atoms with E-state index in [0.717, 1.165) is 12.0 Å². The van der Waals surface area contributed by atoms with Crippen molar-refractivity contribution in [3.05, 3.63) is 54.2 Å². The third-order valence-corrected chi connectivity index (χ3v) is 8.44. The van der Waals surface area contributed by atoms with Crippen LogP contribution >= 0.6 is 0 Å². The number of carbonyl (C=O) groups is 1. The fraction of sp³-hybridized carbons (Fsp3) is 0.346. The molecular weight excluding hydrogens is 494 g/mol. The lowest BCUT2D eigenvalue weighted by molar-refractivity contribution is 0.0981. The molecule has 196 valence electrons. The first-order valence-corrected chi connectivity index (χ1v) is 13.3. The zero-order chi connectivity index (χ0) is 27.0. The average molecular weight is 526 g/mol. The number of pyridine rings is 2. The second-order valence-corrected chi connectivity index (χ2v) is 11.1. The fourth-order valence-electron chi connectivity index (χ4n) is 4.46. The van der Waals surface area contributed by atoms with Crippen LogP contribution in [0.4, 0.5) is 11.6 Å². The van der Waals surface area contributed by atoms with Gasteiger partial charge in [0.2, 0.25) is 0 Å². The molecule has 10 nitrogen and oxygen atoms in total. The molecule has 1 saturated heterocycles. The molecule has 1 aliphatic heterocycles. The minimum absolute atomic E-state index is 0.137. The topological polar surface area (TPSA) is 137 Å². The average Bonchev–Trinajstić information content (AvgIpc) is 3.14. The lowest BCUT2D eigenvalue weighted by Crippen LogP contribution is -2.43. The monoisotopic (exact) mass is 525 g/mol. The molecule has 0 radical (unpaired) electrons. The highest BCUT2D eigenvalue weighted by molar-refractivity contribution is 7.90. The third-order valence-electron chi connectivity index (χ3n) is 7.06. The van der Waals surface area contributed by atoms with Crippen molar-refractivity contribution < 1.29 is 22.7 Å². The van der Waals surface area contributed by atoms with E-state index in [2.05, 4.69) is 35.4 Å². The highest BCUT2D eigenvalue weighted by Gasteiger charge is 2.41. The number of aromatic nitrogens is 2. The molecule has 3 heterocycles. The maximum Gasteiger partial charge on any atom is 0.268 e. The molecule has 4 rings (SSSR count). The zero-order valence-electron chi connectivity index (χ0n) is 21.5. The number of ether oxygens (including phenoxy) is 2. The smallest absolute Gasteiger partial charge is 0.268 e. The van der Waals surface area contributed by atoms with Gasteiger partial charge in [0, 0.05) is 23.8 Å². The van der Waals surface area contributed by atoms with Crippen molar-refractivity contribution in [2.75, 3.05) is 31.4 Å². The number of anilines is 2. The molecule has 0 bridgehead atoms. The molecule has 1 aromatic carbocycles. The Hall–Kier alpha value is -3.86. The van der Waals surface area contributed by atoms with Crippen LogP contribution < -0.4 is 24.8 Å². The molecule has 1 atom stereocenters. The Morgan fingerprint density at radius 3 is 2.49 bits per heavy atom. The van der Waals surface area contributed by atoms with Gasteiger partial charge in [-0.2, -0.15) is 0 Å². The van der Waals surface area contributed by atoms with E-state index in [1.807, 2.05) is 6.07 Å². The maximum absolute atomic E-state index is 13.4. The van der Waals surface area contributed by atoms with Gasteiger partial charge in [-0.25, -0.2) is 23.1 Å². The Morgan fingerprint density at radius 1 is 1.14 bits per heavy atom. The molecule has 0 saturated carbocycles. The number of benzene rings is 1. The Bertz CT molecular complexity index is 1440. The van der Waals surface area contributed by atoms with Crippen LogP contribution in [0, 0.1) is 5.92 Å². The van der Waals surface area contributed by atoms with E-state index < -0.39 is 15.9 Å². The van der Waals surface area contributed by atoms with Crippen LogP contribution in [-0.2, 0) is 10.0 Å². The number of hydrogen-bond acceptors (Lipinski definition) is 9. The summed E-state index contributed by atoms with van der Waals surface area (Å²) in [6.07, 6.45) is 2.28. The number of rotatable bonds is 7. The second kappa shape index (κ2) is 9.89. The standard InChI is InChI=1S/C26H31N5O5S/c1-16-12-14-31(26(16,2)3)24-18(25(32)30-37(33,34)22-7-6-13-28-23(22)27)9-10-19(29-24)17-8-11-20(35-4)21(15-17)36-5/h6-11,13,15-16H,12,14H2,1-5H3,(H2,27,28)(H,30,32). The summed E-state index contributed by atoms with van der Waals surface area (Å²) in [7, 11) is -1.15. The molecule has 3 aromatic rings.